The van der Waals surface area contributed by atoms with Crippen molar-refractivity contribution in [3.05, 3.63) is 30.4 Å². The van der Waals surface area contributed by atoms with Gasteiger partial charge in [0.1, 0.15) is 5.52 Å². The second-order valence-corrected chi connectivity index (χ2v) is 3.78. The Kier molecular flexibility index (Phi) is 2.01. The maximum atomic E-state index is 5.83. The summed E-state index contributed by atoms with van der Waals surface area (Å²) in [5, 5.41) is 0. The van der Waals surface area contributed by atoms with Crippen LogP contribution in [-0.4, -0.2) is 24.9 Å². The predicted octanol–water partition coefficient (Wildman–Crippen LogP) is 1.31. The van der Waals surface area contributed by atoms with Crippen molar-refractivity contribution in [3.8, 4) is 11.4 Å². The third-order valence-corrected chi connectivity index (χ3v) is 2.45. The smallest absolute Gasteiger partial charge is 0.183 e. The zero-order chi connectivity index (χ0) is 11.8. The maximum Gasteiger partial charge on any atom is 0.183 e. The van der Waals surface area contributed by atoms with Crippen molar-refractivity contribution >= 4 is 17.0 Å². The van der Waals surface area contributed by atoms with Crippen LogP contribution in [0.4, 0.5) is 5.82 Å². The molecule has 0 aromatic carbocycles. The third kappa shape index (κ3) is 1.59. The maximum absolute atomic E-state index is 5.83. The first-order valence-electron chi connectivity index (χ1n) is 5.12. The largest absolute Gasteiger partial charge is 0.382 e. The molecule has 3 aromatic rings. The molecule has 0 atom stereocenters. The van der Waals surface area contributed by atoms with E-state index >= 15 is 0 Å². The molecule has 0 aliphatic rings. The summed E-state index contributed by atoms with van der Waals surface area (Å²) in [7, 11) is 0. The highest BCUT2D eigenvalue weighted by Gasteiger charge is 2.09. The Bertz CT molecular complexity index is 687. The Morgan fingerprint density at radius 3 is 2.94 bits per heavy atom. The van der Waals surface area contributed by atoms with Crippen molar-refractivity contribution in [1.29, 1.82) is 0 Å². The van der Waals surface area contributed by atoms with Crippen LogP contribution < -0.4 is 5.73 Å². The molecule has 0 spiro atoms. The molecule has 6 heteroatoms. The molecule has 84 valence electrons. The lowest BCUT2D eigenvalue weighted by molar-refractivity contribution is 1.18. The van der Waals surface area contributed by atoms with E-state index in [9.17, 15) is 0 Å². The van der Waals surface area contributed by atoms with E-state index in [-0.39, 0.29) is 0 Å². The van der Waals surface area contributed by atoms with Crippen LogP contribution in [0.15, 0.2) is 24.8 Å². The number of aromatic amines is 1. The number of pyridine rings is 1. The fraction of sp³-hybridized carbons (Fsp3) is 0.0909. The lowest BCUT2D eigenvalue weighted by Crippen LogP contribution is -1.98. The summed E-state index contributed by atoms with van der Waals surface area (Å²) in [6.07, 6.45) is 5.04. The van der Waals surface area contributed by atoms with E-state index in [0.717, 1.165) is 11.1 Å². The summed E-state index contributed by atoms with van der Waals surface area (Å²) < 4.78 is 0. The van der Waals surface area contributed by atoms with Gasteiger partial charge in [-0.15, -0.1) is 0 Å². The van der Waals surface area contributed by atoms with Crippen LogP contribution in [0.2, 0.25) is 0 Å². The topological polar surface area (TPSA) is 93.4 Å². The molecule has 3 heterocycles. The van der Waals surface area contributed by atoms with Gasteiger partial charge >= 0.3 is 0 Å². The number of nitrogens with one attached hydrogen (secondary N) is 1. The molecule has 0 bridgehead atoms. The minimum atomic E-state index is 0.393. The van der Waals surface area contributed by atoms with Crippen molar-refractivity contribution in [1.82, 2.24) is 24.9 Å². The molecule has 0 aliphatic heterocycles. The molecule has 0 fully saturated rings. The average molecular weight is 226 g/mol. The first-order chi connectivity index (χ1) is 8.24. The quantitative estimate of drug-likeness (QED) is 0.652. The molecular formula is C11H10N6. The average Bonchev–Trinajstić information content (AvgIpc) is 2.77. The number of aromatic nitrogens is 5. The highest BCUT2D eigenvalue weighted by Crippen LogP contribution is 2.20. The summed E-state index contributed by atoms with van der Waals surface area (Å²) in [6.45, 7) is 1.97. The van der Waals surface area contributed by atoms with Gasteiger partial charge in [0.05, 0.1) is 6.33 Å². The number of H-pyrrole nitrogens is 1. The van der Waals surface area contributed by atoms with E-state index in [1.165, 1.54) is 0 Å². The number of rotatable bonds is 1. The number of fused-ring (bicyclic) bond motifs is 1. The fourth-order valence-electron chi connectivity index (χ4n) is 1.66. The molecule has 3 rings (SSSR count). The van der Waals surface area contributed by atoms with E-state index in [0.29, 0.717) is 22.8 Å². The standard InChI is InChI=1S/C11H10N6/c1-6-2-7(4-13-3-6)10-16-9(12)8-11(17-10)15-5-14-8/h2-5H,1H3,(H3,12,14,15,16,17). The van der Waals surface area contributed by atoms with Gasteiger partial charge in [-0.3, -0.25) is 4.98 Å². The lowest BCUT2D eigenvalue weighted by Gasteiger charge is -2.02. The first kappa shape index (κ1) is 9.71. The Hall–Kier alpha value is -2.50. The zero-order valence-corrected chi connectivity index (χ0v) is 9.18. The molecule has 0 aliphatic carbocycles. The van der Waals surface area contributed by atoms with Crippen LogP contribution in [0.25, 0.3) is 22.6 Å². The molecule has 0 radical (unpaired) electrons. The Morgan fingerprint density at radius 2 is 2.12 bits per heavy atom. The molecule has 3 N–H and O–H groups in total. The van der Waals surface area contributed by atoms with Gasteiger partial charge in [0, 0.05) is 18.0 Å². The van der Waals surface area contributed by atoms with Crippen molar-refractivity contribution < 1.29 is 0 Å². The Labute approximate surface area is 97.0 Å². The van der Waals surface area contributed by atoms with Gasteiger partial charge in [0.2, 0.25) is 0 Å². The minimum absolute atomic E-state index is 0.393. The zero-order valence-electron chi connectivity index (χ0n) is 9.18. The van der Waals surface area contributed by atoms with Gasteiger partial charge in [0.25, 0.3) is 0 Å². The van der Waals surface area contributed by atoms with E-state index in [1.807, 2.05) is 13.0 Å². The van der Waals surface area contributed by atoms with Crippen molar-refractivity contribution in [3.63, 3.8) is 0 Å². The fourth-order valence-corrected chi connectivity index (χ4v) is 1.66. The van der Waals surface area contributed by atoms with E-state index < -0.39 is 0 Å². The molecule has 17 heavy (non-hydrogen) atoms. The summed E-state index contributed by atoms with van der Waals surface area (Å²) in [5.41, 5.74) is 8.94. The third-order valence-electron chi connectivity index (χ3n) is 2.45. The van der Waals surface area contributed by atoms with E-state index in [1.54, 1.807) is 18.7 Å². The van der Waals surface area contributed by atoms with Crippen LogP contribution in [0.1, 0.15) is 5.56 Å². The highest BCUT2D eigenvalue weighted by atomic mass is 15.0. The first-order valence-corrected chi connectivity index (χ1v) is 5.12. The molecule has 0 saturated heterocycles. The number of hydrogen-bond donors (Lipinski definition) is 2. The van der Waals surface area contributed by atoms with Crippen LogP contribution in [0, 0.1) is 6.92 Å². The SMILES string of the molecule is Cc1cncc(-c2nc(N)c3[nH]cnc3n2)c1. The molecule has 3 aromatic heterocycles. The van der Waals surface area contributed by atoms with Crippen LogP contribution in [0.3, 0.4) is 0 Å². The molecule has 0 saturated carbocycles. The minimum Gasteiger partial charge on any atom is -0.382 e. The Morgan fingerprint density at radius 1 is 1.24 bits per heavy atom. The molecule has 0 amide bonds. The number of aryl methyl sites for hydroxylation is 1. The van der Waals surface area contributed by atoms with E-state index in [2.05, 4.69) is 24.9 Å². The van der Waals surface area contributed by atoms with Gasteiger partial charge in [-0.2, -0.15) is 0 Å². The predicted molar refractivity (Wildman–Crippen MR) is 64.1 cm³/mol. The number of nitrogen functional groups attached to an aromatic ring is 1. The van der Waals surface area contributed by atoms with Crippen molar-refractivity contribution in [2.75, 3.05) is 5.73 Å². The van der Waals surface area contributed by atoms with Gasteiger partial charge in [0.15, 0.2) is 17.3 Å². The second-order valence-electron chi connectivity index (χ2n) is 3.78. The number of hydrogen-bond acceptors (Lipinski definition) is 5. The monoisotopic (exact) mass is 226 g/mol. The van der Waals surface area contributed by atoms with Crippen molar-refractivity contribution in [2.24, 2.45) is 0 Å². The summed E-state index contributed by atoms with van der Waals surface area (Å²) in [6, 6.07) is 1.96. The van der Waals surface area contributed by atoms with Crippen molar-refractivity contribution in [2.45, 2.75) is 6.92 Å². The van der Waals surface area contributed by atoms with Gasteiger partial charge in [-0.1, -0.05) is 0 Å². The Balaban J connectivity index is 2.23. The lowest BCUT2D eigenvalue weighted by atomic mass is 10.2. The van der Waals surface area contributed by atoms with E-state index in [4.69, 9.17) is 5.73 Å². The molecule has 6 nitrogen and oxygen atoms in total. The summed E-state index contributed by atoms with van der Waals surface area (Å²) >= 11 is 0. The number of imidazole rings is 1. The van der Waals surface area contributed by atoms with Crippen LogP contribution >= 0.6 is 0 Å². The molecular weight excluding hydrogens is 216 g/mol. The van der Waals surface area contributed by atoms with Gasteiger partial charge in [-0.25, -0.2) is 15.0 Å². The second kappa shape index (κ2) is 3.51. The normalized spacial score (nSPS) is 10.9. The number of nitrogens with zero attached hydrogens (tertiary/aromatic N) is 4. The van der Waals surface area contributed by atoms with Gasteiger partial charge < -0.3 is 10.7 Å². The van der Waals surface area contributed by atoms with Gasteiger partial charge in [-0.05, 0) is 18.6 Å². The summed E-state index contributed by atoms with van der Waals surface area (Å²) in [5.74, 6) is 0.933. The molecule has 0 unspecified atom stereocenters. The highest BCUT2D eigenvalue weighted by molar-refractivity contribution is 5.83. The number of nitrogens with two attached hydrogens (primary N) is 1. The summed E-state index contributed by atoms with van der Waals surface area (Å²) in [4.78, 5) is 19.7. The number of anilines is 1. The van der Waals surface area contributed by atoms with Crippen LogP contribution in [0.5, 0.6) is 0 Å². The van der Waals surface area contributed by atoms with Crippen LogP contribution in [-0.2, 0) is 0 Å².